The van der Waals surface area contributed by atoms with Gasteiger partial charge in [0.05, 0.1) is 20.8 Å². The summed E-state index contributed by atoms with van der Waals surface area (Å²) in [5.74, 6) is 3.58. The average molecular weight is 518 g/mol. The smallest absolute Gasteiger partial charge is 0.407 e. The first-order valence-corrected chi connectivity index (χ1v) is 14.5. The molecule has 7 heteroatoms. The summed E-state index contributed by atoms with van der Waals surface area (Å²) in [4.78, 5) is 20.8. The summed E-state index contributed by atoms with van der Waals surface area (Å²) in [6.07, 6.45) is -0.307. The summed E-state index contributed by atoms with van der Waals surface area (Å²) >= 11 is 1.86. The maximum Gasteiger partial charge on any atom is 0.407 e. The minimum atomic E-state index is -0.454. The Labute approximate surface area is 222 Å². The third-order valence-electron chi connectivity index (χ3n) is 9.45. The van der Waals surface area contributed by atoms with Crippen LogP contribution in [0, 0.1) is 35.0 Å². The first kappa shape index (κ1) is 23.4. The van der Waals surface area contributed by atoms with Crippen molar-refractivity contribution in [2.24, 2.45) is 35.0 Å². The molecule has 0 aromatic heterocycles. The van der Waals surface area contributed by atoms with Gasteiger partial charge < -0.3 is 15.0 Å². The Morgan fingerprint density at radius 1 is 1.14 bits per heavy atom. The van der Waals surface area contributed by atoms with E-state index < -0.39 is 5.60 Å². The fourth-order valence-corrected chi connectivity index (χ4v) is 8.05. The van der Waals surface area contributed by atoms with Gasteiger partial charge in [0.2, 0.25) is 5.36 Å². The topological polar surface area (TPSA) is 57.5 Å². The second-order valence-corrected chi connectivity index (χ2v) is 14.3. The van der Waals surface area contributed by atoms with Gasteiger partial charge in [-0.15, -0.1) is 11.3 Å². The van der Waals surface area contributed by atoms with E-state index in [9.17, 15) is 4.79 Å². The number of nitrogens with one attached hydrogen (secondary N) is 1. The monoisotopic (exact) mass is 517 g/mol. The van der Waals surface area contributed by atoms with Gasteiger partial charge in [-0.3, -0.25) is 0 Å². The van der Waals surface area contributed by atoms with Gasteiger partial charge in [0, 0.05) is 49.3 Å². The first-order chi connectivity index (χ1) is 17.6. The van der Waals surface area contributed by atoms with E-state index in [-0.39, 0.29) is 6.09 Å². The number of aromatic nitrogens is 1. The first-order valence-electron chi connectivity index (χ1n) is 13.7. The molecule has 0 spiro atoms. The van der Waals surface area contributed by atoms with Gasteiger partial charge in [-0.05, 0) is 68.2 Å². The minimum absolute atomic E-state index is 0.307. The van der Waals surface area contributed by atoms with Crippen molar-refractivity contribution >= 4 is 33.3 Å². The predicted molar refractivity (Wildman–Crippen MR) is 149 cm³/mol. The highest BCUT2D eigenvalue weighted by atomic mass is 32.1. The van der Waals surface area contributed by atoms with Crippen molar-refractivity contribution in [2.45, 2.75) is 40.2 Å². The number of benzene rings is 2. The molecular weight excluding hydrogens is 480 g/mol. The second-order valence-electron chi connectivity index (χ2n) is 13.2. The number of carbonyl (C=O) groups is 1. The molecular formula is C30H37N4O2S+. The van der Waals surface area contributed by atoms with Crippen LogP contribution in [-0.2, 0) is 4.74 Å². The Balaban J connectivity index is 1.07. The molecule has 3 heterocycles. The van der Waals surface area contributed by atoms with Gasteiger partial charge in [-0.25, -0.2) is 14.4 Å². The van der Waals surface area contributed by atoms with Gasteiger partial charge in [0.15, 0.2) is 0 Å². The van der Waals surface area contributed by atoms with Crippen LogP contribution in [0.3, 0.4) is 0 Å². The summed E-state index contributed by atoms with van der Waals surface area (Å²) in [5.41, 5.74) is 3.58. The third kappa shape index (κ3) is 4.10. The SMILES string of the molecule is CC(C)(C)OC(=O)NCC1C2C[N+](=c3ccc4nc5ccc(N6CC7C(C6)C7(C)C)cc5sc-4c3)CC12. The van der Waals surface area contributed by atoms with Crippen LogP contribution in [0.4, 0.5) is 10.5 Å². The summed E-state index contributed by atoms with van der Waals surface area (Å²) in [7, 11) is 0. The number of anilines is 1. The Bertz CT molecular complexity index is 1430. The maximum atomic E-state index is 12.0. The largest absolute Gasteiger partial charge is 0.444 e. The zero-order chi connectivity index (χ0) is 25.7. The standard InChI is InChI=1S/C30H36N4O2S/c1-29(2,3)36-28(35)31-12-19-20-13-33(14-21(19)20)17-6-8-24-26(10-17)37-27-11-18(7-9-25(27)32-24)34-15-22-23(16-34)30(22,4)5/h6-11,19-23H,12-16H2,1-5H3/p+1. The lowest BCUT2D eigenvalue weighted by atomic mass is 10.1. The Morgan fingerprint density at radius 2 is 1.86 bits per heavy atom. The van der Waals surface area contributed by atoms with Gasteiger partial charge in [-0.1, -0.05) is 13.8 Å². The average Bonchev–Trinajstić information content (AvgIpc) is 3.38. The van der Waals surface area contributed by atoms with Crippen LogP contribution >= 0.6 is 11.3 Å². The highest BCUT2D eigenvalue weighted by molar-refractivity contribution is 7.21. The Kier molecular flexibility index (Phi) is 5.02. The van der Waals surface area contributed by atoms with Crippen LogP contribution in [-0.4, -0.2) is 49.4 Å². The normalized spacial score (nSPS) is 29.4. The quantitative estimate of drug-likeness (QED) is 0.405. The molecule has 3 aliphatic carbocycles. The molecule has 194 valence electrons. The molecule has 0 radical (unpaired) electrons. The number of hydrogen-bond acceptors (Lipinski definition) is 5. The van der Waals surface area contributed by atoms with E-state index >= 15 is 0 Å². The summed E-state index contributed by atoms with van der Waals surface area (Å²) < 4.78 is 9.15. The van der Waals surface area contributed by atoms with Gasteiger partial charge in [0.1, 0.15) is 18.7 Å². The van der Waals surface area contributed by atoms with Crippen molar-refractivity contribution in [3.8, 4) is 10.6 Å². The van der Waals surface area contributed by atoms with Crippen LogP contribution in [0.25, 0.3) is 20.8 Å². The van der Waals surface area contributed by atoms with Crippen molar-refractivity contribution in [3.05, 3.63) is 41.8 Å². The van der Waals surface area contributed by atoms with E-state index in [2.05, 4.69) is 65.0 Å². The lowest BCUT2D eigenvalue weighted by molar-refractivity contribution is 0.0523. The van der Waals surface area contributed by atoms with Crippen molar-refractivity contribution in [1.82, 2.24) is 14.9 Å². The molecule has 6 aliphatic rings. The predicted octanol–water partition coefficient (Wildman–Crippen LogP) is 4.67. The van der Waals surface area contributed by atoms with Crippen molar-refractivity contribution in [2.75, 3.05) is 37.6 Å². The van der Waals surface area contributed by atoms with Gasteiger partial charge in [-0.2, -0.15) is 0 Å². The molecule has 4 unspecified atom stereocenters. The summed E-state index contributed by atoms with van der Waals surface area (Å²) in [6.45, 7) is 15.7. The number of fused-ring (bicyclic) bond motifs is 4. The van der Waals surface area contributed by atoms with E-state index in [0.717, 1.165) is 36.1 Å². The maximum absolute atomic E-state index is 12.0. The van der Waals surface area contributed by atoms with Crippen molar-refractivity contribution in [3.63, 3.8) is 0 Å². The number of ether oxygens (including phenoxy) is 1. The van der Waals surface area contributed by atoms with E-state index in [1.165, 1.54) is 33.7 Å². The molecule has 4 atom stereocenters. The highest BCUT2D eigenvalue weighted by Crippen LogP contribution is 2.62. The third-order valence-corrected chi connectivity index (χ3v) is 10.5. The van der Waals surface area contributed by atoms with Gasteiger partial charge >= 0.3 is 6.09 Å². The lowest BCUT2D eigenvalue weighted by Crippen LogP contribution is -2.36. The fraction of sp³-hybridized carbons (Fsp3) is 0.567. The Hall–Kier alpha value is -2.67. The van der Waals surface area contributed by atoms with Crippen molar-refractivity contribution < 1.29 is 9.53 Å². The van der Waals surface area contributed by atoms with Gasteiger partial charge in [0.25, 0.3) is 0 Å². The van der Waals surface area contributed by atoms with E-state index in [1.807, 2.05) is 32.1 Å². The molecule has 7 rings (SSSR count). The summed E-state index contributed by atoms with van der Waals surface area (Å²) in [5, 5.41) is 4.26. The number of rotatable bonds is 3. The van der Waals surface area contributed by atoms with Crippen LogP contribution < -0.4 is 20.1 Å². The lowest BCUT2D eigenvalue weighted by Gasteiger charge is -2.24. The van der Waals surface area contributed by atoms with E-state index in [0.29, 0.717) is 29.7 Å². The molecule has 6 nitrogen and oxygen atoms in total. The number of piperidine rings is 2. The zero-order valence-corrected chi connectivity index (χ0v) is 23.3. The number of alkyl carbamates (subject to hydrolysis) is 1. The van der Waals surface area contributed by atoms with Crippen LogP contribution in [0.15, 0.2) is 36.4 Å². The highest BCUT2D eigenvalue weighted by Gasteiger charge is 2.62. The van der Waals surface area contributed by atoms with Crippen LogP contribution in [0.1, 0.15) is 34.6 Å². The number of carbonyl (C=O) groups excluding carboxylic acids is 1. The molecule has 1 aromatic rings. The molecule has 4 fully saturated rings. The molecule has 37 heavy (non-hydrogen) atoms. The summed E-state index contributed by atoms with van der Waals surface area (Å²) in [6, 6.07) is 13.5. The van der Waals surface area contributed by atoms with E-state index in [4.69, 9.17) is 9.72 Å². The van der Waals surface area contributed by atoms with Crippen LogP contribution in [0.2, 0.25) is 0 Å². The number of amides is 1. The molecule has 3 aliphatic heterocycles. The molecule has 2 saturated heterocycles. The molecule has 0 bridgehead atoms. The van der Waals surface area contributed by atoms with Crippen molar-refractivity contribution in [1.29, 1.82) is 0 Å². The van der Waals surface area contributed by atoms with E-state index in [1.54, 1.807) is 0 Å². The molecule has 1 aromatic carbocycles. The fourth-order valence-electron chi connectivity index (χ4n) is 7.02. The van der Waals surface area contributed by atoms with Crippen LogP contribution in [0.5, 0.6) is 0 Å². The molecule has 1 amide bonds. The zero-order valence-electron chi connectivity index (χ0n) is 22.5. The second kappa shape index (κ2) is 7.92. The molecule has 2 saturated carbocycles. The Morgan fingerprint density at radius 3 is 2.57 bits per heavy atom. The number of nitrogens with zero attached hydrogens (tertiary/aromatic N) is 3. The minimum Gasteiger partial charge on any atom is -0.444 e. The number of hydrogen-bond donors (Lipinski definition) is 1. The molecule has 1 N–H and O–H groups in total.